The van der Waals surface area contributed by atoms with Crippen molar-refractivity contribution in [1.82, 2.24) is 10.2 Å². The Kier molecular flexibility index (Phi) is 6.09. The lowest BCUT2D eigenvalue weighted by atomic mass is 9.92. The number of rotatable bonds is 8. The van der Waals surface area contributed by atoms with E-state index in [-0.39, 0.29) is 6.10 Å². The van der Waals surface area contributed by atoms with Gasteiger partial charge >= 0.3 is 0 Å². The van der Waals surface area contributed by atoms with Gasteiger partial charge in [-0.15, -0.1) is 0 Å². The number of benzene rings is 1. The molecule has 2 N–H and O–H groups in total. The molecule has 0 bridgehead atoms. The third-order valence-electron chi connectivity index (χ3n) is 5.35. The van der Waals surface area contributed by atoms with E-state index >= 15 is 0 Å². The van der Waals surface area contributed by atoms with E-state index in [9.17, 15) is 5.11 Å². The van der Waals surface area contributed by atoms with Crippen molar-refractivity contribution in [3.8, 4) is 0 Å². The third-order valence-corrected chi connectivity index (χ3v) is 5.35. The summed E-state index contributed by atoms with van der Waals surface area (Å²) >= 11 is 0. The highest BCUT2D eigenvalue weighted by molar-refractivity contribution is 5.20. The standard InChI is InChI=1S/C20H32N2O/c1-16(23)13-19(18-5-3-2-4-6-18)14-21-20-9-11-22(12-10-20)15-17-7-8-17/h2-6,16-17,19-21,23H,7-15H2,1H3. The Morgan fingerprint density at radius 1 is 1.13 bits per heavy atom. The Morgan fingerprint density at radius 2 is 1.83 bits per heavy atom. The summed E-state index contributed by atoms with van der Waals surface area (Å²) in [5.74, 6) is 1.41. The van der Waals surface area contributed by atoms with Crippen molar-refractivity contribution in [2.24, 2.45) is 5.92 Å². The Bertz CT molecular complexity index is 450. The normalized spacial score (nSPS) is 22.9. The Morgan fingerprint density at radius 3 is 2.43 bits per heavy atom. The van der Waals surface area contributed by atoms with E-state index in [0.29, 0.717) is 12.0 Å². The third kappa shape index (κ3) is 5.59. The van der Waals surface area contributed by atoms with Crippen LogP contribution in [0.5, 0.6) is 0 Å². The van der Waals surface area contributed by atoms with E-state index in [1.807, 2.05) is 6.92 Å². The first-order valence-electron chi connectivity index (χ1n) is 9.39. The maximum absolute atomic E-state index is 9.81. The molecule has 128 valence electrons. The van der Waals surface area contributed by atoms with E-state index < -0.39 is 0 Å². The van der Waals surface area contributed by atoms with Gasteiger partial charge in [0.2, 0.25) is 0 Å². The van der Waals surface area contributed by atoms with Gasteiger partial charge in [-0.2, -0.15) is 0 Å². The van der Waals surface area contributed by atoms with E-state index in [1.165, 1.54) is 50.9 Å². The monoisotopic (exact) mass is 316 g/mol. The van der Waals surface area contributed by atoms with Crippen LogP contribution in [0.25, 0.3) is 0 Å². The van der Waals surface area contributed by atoms with Crippen LogP contribution in [0.2, 0.25) is 0 Å². The average molecular weight is 316 g/mol. The smallest absolute Gasteiger partial charge is 0.0518 e. The fourth-order valence-corrected chi connectivity index (χ4v) is 3.77. The second kappa shape index (κ2) is 8.27. The van der Waals surface area contributed by atoms with Crippen LogP contribution in [0, 0.1) is 5.92 Å². The van der Waals surface area contributed by atoms with E-state index in [0.717, 1.165) is 18.9 Å². The maximum atomic E-state index is 9.81. The molecule has 2 atom stereocenters. The Hall–Kier alpha value is -0.900. The molecule has 3 heteroatoms. The molecular weight excluding hydrogens is 284 g/mol. The largest absolute Gasteiger partial charge is 0.393 e. The minimum absolute atomic E-state index is 0.248. The molecule has 23 heavy (non-hydrogen) atoms. The number of likely N-dealkylation sites (tertiary alicyclic amines) is 1. The van der Waals surface area contributed by atoms with Gasteiger partial charge in [-0.25, -0.2) is 0 Å². The summed E-state index contributed by atoms with van der Waals surface area (Å²) in [6.45, 7) is 6.71. The molecule has 0 amide bonds. The first-order valence-corrected chi connectivity index (χ1v) is 9.39. The van der Waals surface area contributed by atoms with Crippen LogP contribution in [0.1, 0.15) is 50.5 Å². The molecule has 1 aromatic rings. The number of aliphatic hydroxyl groups is 1. The maximum Gasteiger partial charge on any atom is 0.0518 e. The van der Waals surface area contributed by atoms with Gasteiger partial charge in [0.15, 0.2) is 0 Å². The van der Waals surface area contributed by atoms with E-state index in [2.05, 4.69) is 40.5 Å². The van der Waals surface area contributed by atoms with E-state index in [4.69, 9.17) is 0 Å². The van der Waals surface area contributed by atoms with Gasteiger partial charge in [-0.05, 0) is 69.5 Å². The minimum atomic E-state index is -0.248. The van der Waals surface area contributed by atoms with Crippen molar-refractivity contribution in [2.45, 2.75) is 57.1 Å². The molecule has 1 aliphatic carbocycles. The summed E-state index contributed by atoms with van der Waals surface area (Å²) in [5.41, 5.74) is 1.34. The molecule has 1 aliphatic heterocycles. The summed E-state index contributed by atoms with van der Waals surface area (Å²) in [4.78, 5) is 2.65. The fraction of sp³-hybridized carbons (Fsp3) is 0.700. The van der Waals surface area contributed by atoms with Crippen LogP contribution in [0.4, 0.5) is 0 Å². The topological polar surface area (TPSA) is 35.5 Å². The summed E-state index contributed by atoms with van der Waals surface area (Å²) in [6, 6.07) is 11.3. The van der Waals surface area contributed by atoms with Gasteiger partial charge in [0.25, 0.3) is 0 Å². The summed E-state index contributed by atoms with van der Waals surface area (Å²) in [6.07, 6.45) is 6.03. The van der Waals surface area contributed by atoms with Gasteiger partial charge in [-0.1, -0.05) is 30.3 Å². The molecule has 0 radical (unpaired) electrons. The first-order chi connectivity index (χ1) is 11.2. The zero-order chi connectivity index (χ0) is 16.1. The van der Waals surface area contributed by atoms with Crippen LogP contribution in [0.3, 0.4) is 0 Å². The quantitative estimate of drug-likeness (QED) is 0.774. The number of hydrogen-bond donors (Lipinski definition) is 2. The van der Waals surface area contributed by atoms with Gasteiger partial charge < -0.3 is 15.3 Å². The lowest BCUT2D eigenvalue weighted by Crippen LogP contribution is -2.44. The SMILES string of the molecule is CC(O)CC(CNC1CCN(CC2CC2)CC1)c1ccccc1. The number of nitrogens with zero attached hydrogens (tertiary/aromatic N) is 1. The molecule has 1 heterocycles. The molecule has 0 spiro atoms. The molecule has 0 aromatic heterocycles. The van der Waals surface area contributed by atoms with Crippen LogP contribution >= 0.6 is 0 Å². The zero-order valence-corrected chi connectivity index (χ0v) is 14.5. The predicted octanol–water partition coefficient (Wildman–Crippen LogP) is 3.01. The summed E-state index contributed by atoms with van der Waals surface area (Å²) in [5, 5.41) is 13.6. The molecule has 1 aromatic carbocycles. The van der Waals surface area contributed by atoms with E-state index in [1.54, 1.807) is 0 Å². The predicted molar refractivity (Wildman–Crippen MR) is 95.7 cm³/mol. The van der Waals surface area contributed by atoms with Gasteiger partial charge in [-0.3, -0.25) is 0 Å². The average Bonchev–Trinajstić information content (AvgIpc) is 3.37. The second-order valence-corrected chi connectivity index (χ2v) is 7.62. The first kappa shape index (κ1) is 16.9. The minimum Gasteiger partial charge on any atom is -0.393 e. The summed E-state index contributed by atoms with van der Waals surface area (Å²) < 4.78 is 0. The highest BCUT2D eigenvalue weighted by atomic mass is 16.3. The molecule has 2 aliphatic rings. The number of piperidine rings is 1. The highest BCUT2D eigenvalue weighted by Gasteiger charge is 2.27. The van der Waals surface area contributed by atoms with Crippen LogP contribution in [-0.2, 0) is 0 Å². The van der Waals surface area contributed by atoms with Crippen molar-refractivity contribution in [2.75, 3.05) is 26.2 Å². The number of nitrogens with one attached hydrogen (secondary N) is 1. The van der Waals surface area contributed by atoms with Crippen molar-refractivity contribution in [3.63, 3.8) is 0 Å². The Balaban J connectivity index is 1.45. The molecule has 2 fully saturated rings. The molecular formula is C20H32N2O. The Labute approximate surface area is 141 Å². The van der Waals surface area contributed by atoms with Crippen molar-refractivity contribution in [1.29, 1.82) is 0 Å². The molecule has 3 rings (SSSR count). The lowest BCUT2D eigenvalue weighted by molar-refractivity contribution is 0.167. The van der Waals surface area contributed by atoms with Crippen LogP contribution in [0.15, 0.2) is 30.3 Å². The van der Waals surface area contributed by atoms with Crippen LogP contribution in [-0.4, -0.2) is 48.3 Å². The fourth-order valence-electron chi connectivity index (χ4n) is 3.77. The molecule has 2 unspecified atom stereocenters. The van der Waals surface area contributed by atoms with Crippen molar-refractivity contribution >= 4 is 0 Å². The highest BCUT2D eigenvalue weighted by Crippen LogP contribution is 2.30. The number of aliphatic hydroxyl groups excluding tert-OH is 1. The zero-order valence-electron chi connectivity index (χ0n) is 14.5. The van der Waals surface area contributed by atoms with Gasteiger partial charge in [0.05, 0.1) is 6.10 Å². The lowest BCUT2D eigenvalue weighted by Gasteiger charge is -2.33. The molecule has 3 nitrogen and oxygen atoms in total. The van der Waals surface area contributed by atoms with Crippen LogP contribution < -0.4 is 5.32 Å². The second-order valence-electron chi connectivity index (χ2n) is 7.62. The van der Waals surface area contributed by atoms with Crippen molar-refractivity contribution in [3.05, 3.63) is 35.9 Å². The molecule has 1 saturated carbocycles. The summed E-state index contributed by atoms with van der Waals surface area (Å²) in [7, 11) is 0. The van der Waals surface area contributed by atoms with Gasteiger partial charge in [0.1, 0.15) is 0 Å². The molecule has 1 saturated heterocycles. The number of hydrogen-bond acceptors (Lipinski definition) is 3. The van der Waals surface area contributed by atoms with Crippen molar-refractivity contribution < 1.29 is 5.11 Å². The van der Waals surface area contributed by atoms with Gasteiger partial charge in [0, 0.05) is 19.1 Å².